The number of para-hydroxylation sites is 2. The van der Waals surface area contributed by atoms with Gasteiger partial charge in [-0.1, -0.05) is 18.2 Å². The van der Waals surface area contributed by atoms with Gasteiger partial charge < -0.3 is 9.32 Å². The summed E-state index contributed by atoms with van der Waals surface area (Å²) in [7, 11) is 0. The van der Waals surface area contributed by atoms with Crippen molar-refractivity contribution in [2.45, 2.75) is 37.8 Å². The van der Waals surface area contributed by atoms with Crippen molar-refractivity contribution in [1.82, 2.24) is 14.5 Å². The first-order chi connectivity index (χ1) is 13.8. The van der Waals surface area contributed by atoms with E-state index >= 15 is 0 Å². The van der Waals surface area contributed by atoms with E-state index in [-0.39, 0.29) is 11.3 Å². The van der Waals surface area contributed by atoms with Crippen molar-refractivity contribution in [3.8, 4) is 0 Å². The predicted molar refractivity (Wildman–Crippen MR) is 110 cm³/mol. The molecule has 6 nitrogen and oxygen atoms in total. The zero-order chi connectivity index (χ0) is 19.0. The van der Waals surface area contributed by atoms with Gasteiger partial charge in [0.15, 0.2) is 5.58 Å². The highest BCUT2D eigenvalue weighted by Crippen LogP contribution is 2.39. The molecule has 6 heteroatoms. The molecule has 3 aromatic rings. The Kier molecular flexibility index (Phi) is 4.43. The molecule has 2 saturated heterocycles. The molecule has 2 fully saturated rings. The maximum Gasteiger partial charge on any atom is 0.419 e. The molecule has 0 atom stereocenters. The van der Waals surface area contributed by atoms with Crippen molar-refractivity contribution in [2.75, 3.05) is 31.1 Å². The van der Waals surface area contributed by atoms with Gasteiger partial charge in [0, 0.05) is 37.9 Å². The molecule has 0 saturated carbocycles. The van der Waals surface area contributed by atoms with Gasteiger partial charge in [-0.3, -0.25) is 9.47 Å². The molecule has 5 rings (SSSR count). The minimum Gasteiger partial charge on any atom is -0.408 e. The van der Waals surface area contributed by atoms with Gasteiger partial charge in [-0.2, -0.15) is 0 Å². The number of anilines is 1. The number of benzene rings is 1. The van der Waals surface area contributed by atoms with Crippen LogP contribution in [0.25, 0.3) is 11.1 Å². The molecule has 2 aliphatic heterocycles. The van der Waals surface area contributed by atoms with Gasteiger partial charge in [0.1, 0.15) is 5.82 Å². The quantitative estimate of drug-likeness (QED) is 0.698. The largest absolute Gasteiger partial charge is 0.419 e. The number of rotatable bonds is 4. The molecular formula is C22H26N4O2. The molecule has 1 spiro atoms. The lowest BCUT2D eigenvalue weighted by Crippen LogP contribution is -2.53. The average Bonchev–Trinajstić information content (AvgIpc) is 3.27. The van der Waals surface area contributed by atoms with Crippen molar-refractivity contribution in [1.29, 1.82) is 0 Å². The smallest absolute Gasteiger partial charge is 0.408 e. The normalized spacial score (nSPS) is 19.6. The molecule has 2 aromatic heterocycles. The number of nitrogens with zero attached hydrogens (tertiary/aromatic N) is 4. The number of piperidine rings is 1. The molecule has 2 aliphatic rings. The van der Waals surface area contributed by atoms with Crippen LogP contribution in [0.2, 0.25) is 0 Å². The summed E-state index contributed by atoms with van der Waals surface area (Å²) in [5.41, 5.74) is 1.84. The Balaban J connectivity index is 1.28. The Morgan fingerprint density at radius 1 is 0.964 bits per heavy atom. The van der Waals surface area contributed by atoms with E-state index in [1.807, 2.05) is 36.5 Å². The van der Waals surface area contributed by atoms with Gasteiger partial charge in [-0.15, -0.1) is 0 Å². The predicted octanol–water partition coefficient (Wildman–Crippen LogP) is 3.12. The van der Waals surface area contributed by atoms with E-state index in [4.69, 9.17) is 4.42 Å². The van der Waals surface area contributed by atoms with Crippen molar-refractivity contribution in [3.63, 3.8) is 0 Å². The highest BCUT2D eigenvalue weighted by Gasteiger charge is 2.42. The van der Waals surface area contributed by atoms with E-state index < -0.39 is 0 Å². The van der Waals surface area contributed by atoms with Crippen LogP contribution in [0.15, 0.2) is 57.9 Å². The average molecular weight is 378 g/mol. The van der Waals surface area contributed by atoms with Gasteiger partial charge in [-0.05, 0) is 56.5 Å². The third-order valence-electron chi connectivity index (χ3n) is 6.58. The van der Waals surface area contributed by atoms with Crippen molar-refractivity contribution < 1.29 is 4.42 Å². The van der Waals surface area contributed by atoms with Crippen LogP contribution in [0.3, 0.4) is 0 Å². The van der Waals surface area contributed by atoms with Crippen LogP contribution in [0.4, 0.5) is 5.82 Å². The Hall–Kier alpha value is -2.60. The maximum absolute atomic E-state index is 12.3. The molecule has 4 heterocycles. The number of oxazole rings is 1. The van der Waals surface area contributed by atoms with Crippen LogP contribution in [0.1, 0.15) is 25.7 Å². The molecule has 146 valence electrons. The summed E-state index contributed by atoms with van der Waals surface area (Å²) in [6.45, 7) is 4.78. The lowest BCUT2D eigenvalue weighted by atomic mass is 9.85. The van der Waals surface area contributed by atoms with Gasteiger partial charge in [0.25, 0.3) is 0 Å². The zero-order valence-corrected chi connectivity index (χ0v) is 16.1. The number of hydrogen-bond donors (Lipinski definition) is 0. The fourth-order valence-electron chi connectivity index (χ4n) is 5.05. The Morgan fingerprint density at radius 2 is 1.79 bits per heavy atom. The molecule has 0 unspecified atom stereocenters. The molecule has 0 N–H and O–H groups in total. The third kappa shape index (κ3) is 3.02. The summed E-state index contributed by atoms with van der Waals surface area (Å²) in [6, 6.07) is 13.8. The zero-order valence-electron chi connectivity index (χ0n) is 16.1. The number of hydrogen-bond acceptors (Lipinski definition) is 5. The highest BCUT2D eigenvalue weighted by atomic mass is 16.4. The Morgan fingerprint density at radius 3 is 2.61 bits per heavy atom. The Bertz CT molecular complexity index is 1000. The molecular weight excluding hydrogens is 352 g/mol. The number of likely N-dealkylation sites (tertiary alicyclic amines) is 1. The minimum absolute atomic E-state index is 0.251. The maximum atomic E-state index is 12.3. The van der Waals surface area contributed by atoms with E-state index in [1.54, 1.807) is 4.57 Å². The Labute approximate surface area is 164 Å². The number of pyridine rings is 1. The summed E-state index contributed by atoms with van der Waals surface area (Å²) in [4.78, 5) is 21.8. The van der Waals surface area contributed by atoms with E-state index in [2.05, 4.69) is 26.9 Å². The first-order valence-corrected chi connectivity index (χ1v) is 10.2. The number of fused-ring (bicyclic) bond motifs is 1. The van der Waals surface area contributed by atoms with Crippen molar-refractivity contribution in [3.05, 3.63) is 59.2 Å². The van der Waals surface area contributed by atoms with Crippen LogP contribution in [-0.4, -0.2) is 46.2 Å². The van der Waals surface area contributed by atoms with Gasteiger partial charge in [-0.25, -0.2) is 9.78 Å². The lowest BCUT2D eigenvalue weighted by Gasteiger charge is -2.45. The molecule has 0 aliphatic carbocycles. The van der Waals surface area contributed by atoms with Crippen molar-refractivity contribution in [2.24, 2.45) is 0 Å². The third-order valence-corrected chi connectivity index (χ3v) is 6.58. The van der Waals surface area contributed by atoms with Crippen LogP contribution in [0.5, 0.6) is 0 Å². The summed E-state index contributed by atoms with van der Waals surface area (Å²) in [5, 5.41) is 0. The van der Waals surface area contributed by atoms with Gasteiger partial charge in [0.05, 0.1) is 5.52 Å². The second kappa shape index (κ2) is 7.09. The van der Waals surface area contributed by atoms with Gasteiger partial charge >= 0.3 is 5.76 Å². The van der Waals surface area contributed by atoms with Crippen LogP contribution in [0, 0.1) is 0 Å². The lowest BCUT2D eigenvalue weighted by molar-refractivity contribution is 0.103. The fraction of sp³-hybridized carbons (Fsp3) is 0.455. The first-order valence-electron chi connectivity index (χ1n) is 10.2. The summed E-state index contributed by atoms with van der Waals surface area (Å²) >= 11 is 0. The molecule has 0 bridgehead atoms. The van der Waals surface area contributed by atoms with Crippen molar-refractivity contribution >= 4 is 16.9 Å². The number of aromatic nitrogens is 2. The van der Waals surface area contributed by atoms with E-state index in [1.165, 1.54) is 12.8 Å². The van der Waals surface area contributed by atoms with E-state index in [0.717, 1.165) is 50.4 Å². The molecule has 0 amide bonds. The standard InChI is InChI=1S/C22H26N4O2/c27-21-26(18-6-1-2-7-19(18)28-21)17-16-25-13-5-9-22(25)10-14-24(15-11-22)20-8-3-4-12-23-20/h1-4,6-8,12H,5,9-11,13-17H2. The summed E-state index contributed by atoms with van der Waals surface area (Å²) in [6.07, 6.45) is 6.68. The van der Waals surface area contributed by atoms with Crippen LogP contribution < -0.4 is 10.7 Å². The first kappa shape index (κ1) is 17.5. The summed E-state index contributed by atoms with van der Waals surface area (Å²) < 4.78 is 7.17. The second-order valence-electron chi connectivity index (χ2n) is 7.98. The second-order valence-corrected chi connectivity index (χ2v) is 7.98. The fourth-order valence-corrected chi connectivity index (χ4v) is 5.05. The SMILES string of the molecule is O=c1oc2ccccc2n1CCN1CCCC12CCN(c1ccccn1)CC2. The summed E-state index contributed by atoms with van der Waals surface area (Å²) in [5.74, 6) is 0.831. The molecule has 28 heavy (non-hydrogen) atoms. The van der Waals surface area contributed by atoms with E-state index in [0.29, 0.717) is 12.1 Å². The minimum atomic E-state index is -0.251. The monoisotopic (exact) mass is 378 g/mol. The highest BCUT2D eigenvalue weighted by molar-refractivity contribution is 5.72. The molecule has 1 aromatic carbocycles. The van der Waals surface area contributed by atoms with Gasteiger partial charge in [0.2, 0.25) is 0 Å². The molecule has 0 radical (unpaired) electrons. The topological polar surface area (TPSA) is 54.5 Å². The van der Waals surface area contributed by atoms with E-state index in [9.17, 15) is 4.79 Å². The van der Waals surface area contributed by atoms with Crippen LogP contribution >= 0.6 is 0 Å². The van der Waals surface area contributed by atoms with Crippen LogP contribution in [-0.2, 0) is 6.54 Å².